The number of carboxylic acids is 1. The van der Waals surface area contributed by atoms with Crippen LogP contribution in [0.2, 0.25) is 0 Å². The van der Waals surface area contributed by atoms with E-state index in [1.54, 1.807) is 19.1 Å². The number of aliphatic carboxylic acids is 1. The molecule has 1 atom stereocenters. The lowest BCUT2D eigenvalue weighted by molar-refractivity contribution is -0.141. The molecule has 8 nitrogen and oxygen atoms in total. The SMILES string of the molecule is CCn1c(=O)c(=O)[nH]c2cc(C(=O)N3CC[C@@H](C(=O)O)C3)ccc21. The Morgan fingerprint density at radius 1 is 1.33 bits per heavy atom. The number of aromatic amines is 1. The number of aromatic nitrogens is 2. The molecule has 1 aromatic carbocycles. The van der Waals surface area contributed by atoms with Crippen LogP contribution >= 0.6 is 0 Å². The van der Waals surface area contributed by atoms with E-state index in [1.165, 1.54) is 15.5 Å². The number of H-pyrrole nitrogens is 1. The number of hydrogen-bond donors (Lipinski definition) is 2. The summed E-state index contributed by atoms with van der Waals surface area (Å²) < 4.78 is 1.35. The molecule has 0 aliphatic carbocycles. The van der Waals surface area contributed by atoms with Crippen LogP contribution in [0.4, 0.5) is 0 Å². The van der Waals surface area contributed by atoms with Gasteiger partial charge in [-0.25, -0.2) is 0 Å². The summed E-state index contributed by atoms with van der Waals surface area (Å²) in [5, 5.41) is 9.03. The number of rotatable bonds is 3. The van der Waals surface area contributed by atoms with Crippen LogP contribution in [0.15, 0.2) is 27.8 Å². The molecule has 1 saturated heterocycles. The highest BCUT2D eigenvalue weighted by molar-refractivity contribution is 5.97. The number of nitrogens with zero attached hydrogens (tertiary/aromatic N) is 2. The normalized spacial score (nSPS) is 17.4. The van der Waals surface area contributed by atoms with Crippen LogP contribution in [-0.2, 0) is 11.3 Å². The molecule has 0 radical (unpaired) electrons. The van der Waals surface area contributed by atoms with Crippen LogP contribution in [0.5, 0.6) is 0 Å². The Labute approximate surface area is 136 Å². The topological polar surface area (TPSA) is 112 Å². The zero-order chi connectivity index (χ0) is 17.4. The van der Waals surface area contributed by atoms with Crippen molar-refractivity contribution in [3.63, 3.8) is 0 Å². The first kappa shape index (κ1) is 16.0. The standard InChI is InChI=1S/C16H17N3O5/c1-2-19-12-4-3-9(7-11(12)17-13(20)15(19)22)14(21)18-6-5-10(8-18)16(23)24/h3-4,7,10H,2,5-6,8H2,1H3,(H,17,20)(H,23,24)/t10-/m1/s1. The highest BCUT2D eigenvalue weighted by Gasteiger charge is 2.31. The Morgan fingerprint density at radius 2 is 2.08 bits per heavy atom. The van der Waals surface area contributed by atoms with Gasteiger partial charge in [0.15, 0.2) is 0 Å². The lowest BCUT2D eigenvalue weighted by Crippen LogP contribution is -2.36. The smallest absolute Gasteiger partial charge is 0.316 e. The minimum Gasteiger partial charge on any atom is -0.481 e. The van der Waals surface area contributed by atoms with E-state index in [0.717, 1.165) is 0 Å². The van der Waals surface area contributed by atoms with E-state index in [9.17, 15) is 19.2 Å². The largest absolute Gasteiger partial charge is 0.481 e. The summed E-state index contributed by atoms with van der Waals surface area (Å²) in [5.74, 6) is -1.73. The van der Waals surface area contributed by atoms with Crippen molar-refractivity contribution in [2.24, 2.45) is 5.92 Å². The zero-order valence-electron chi connectivity index (χ0n) is 13.1. The second kappa shape index (κ2) is 5.95. The highest BCUT2D eigenvalue weighted by atomic mass is 16.4. The van der Waals surface area contributed by atoms with Crippen molar-refractivity contribution in [1.29, 1.82) is 0 Å². The summed E-state index contributed by atoms with van der Waals surface area (Å²) in [6.07, 6.45) is 0.431. The van der Waals surface area contributed by atoms with Gasteiger partial charge in [0.05, 0.1) is 17.0 Å². The molecule has 1 aliphatic heterocycles. The zero-order valence-corrected chi connectivity index (χ0v) is 13.1. The number of fused-ring (bicyclic) bond motifs is 1. The monoisotopic (exact) mass is 331 g/mol. The Hall–Kier alpha value is -2.90. The number of aryl methyl sites for hydroxylation is 1. The molecule has 3 rings (SSSR count). The van der Waals surface area contributed by atoms with Crippen LogP contribution < -0.4 is 11.1 Å². The van der Waals surface area contributed by atoms with Crippen molar-refractivity contribution in [3.8, 4) is 0 Å². The average molecular weight is 331 g/mol. The third-order valence-corrected chi connectivity index (χ3v) is 4.36. The van der Waals surface area contributed by atoms with Gasteiger partial charge < -0.3 is 19.6 Å². The molecule has 1 amide bonds. The van der Waals surface area contributed by atoms with E-state index in [1.807, 2.05) is 0 Å². The fourth-order valence-corrected chi connectivity index (χ4v) is 3.06. The highest BCUT2D eigenvalue weighted by Crippen LogP contribution is 2.20. The summed E-state index contributed by atoms with van der Waals surface area (Å²) in [7, 11) is 0. The first-order valence-electron chi connectivity index (χ1n) is 7.71. The average Bonchev–Trinajstić information content (AvgIpc) is 3.05. The Balaban J connectivity index is 1.98. The third kappa shape index (κ3) is 2.60. The number of benzene rings is 1. The van der Waals surface area contributed by atoms with Crippen molar-refractivity contribution < 1.29 is 14.7 Å². The van der Waals surface area contributed by atoms with Gasteiger partial charge in [-0.3, -0.25) is 19.2 Å². The predicted octanol–water partition coefficient (Wildman–Crippen LogP) is 0.256. The van der Waals surface area contributed by atoms with Gasteiger partial charge in [-0.2, -0.15) is 0 Å². The fraction of sp³-hybridized carbons (Fsp3) is 0.375. The molecule has 8 heteroatoms. The van der Waals surface area contributed by atoms with Crippen LogP contribution in [0.25, 0.3) is 11.0 Å². The molecule has 126 valence electrons. The summed E-state index contributed by atoms with van der Waals surface area (Å²) in [5.41, 5.74) is -0.0655. The minimum absolute atomic E-state index is 0.178. The summed E-state index contributed by atoms with van der Waals surface area (Å²) >= 11 is 0. The van der Waals surface area contributed by atoms with E-state index in [-0.39, 0.29) is 12.5 Å². The molecule has 2 aromatic rings. The van der Waals surface area contributed by atoms with E-state index in [0.29, 0.717) is 36.1 Å². The maximum atomic E-state index is 12.5. The Bertz CT molecular complexity index is 943. The Morgan fingerprint density at radius 3 is 2.71 bits per heavy atom. The second-order valence-corrected chi connectivity index (χ2v) is 5.81. The van der Waals surface area contributed by atoms with E-state index in [4.69, 9.17) is 5.11 Å². The first-order valence-corrected chi connectivity index (χ1v) is 7.71. The van der Waals surface area contributed by atoms with Crippen molar-refractivity contribution in [2.75, 3.05) is 13.1 Å². The van der Waals surface area contributed by atoms with Gasteiger partial charge in [0.25, 0.3) is 5.91 Å². The summed E-state index contributed by atoms with van der Waals surface area (Å²) in [6.45, 7) is 2.67. The van der Waals surface area contributed by atoms with Gasteiger partial charge in [-0.15, -0.1) is 0 Å². The summed E-state index contributed by atoms with van der Waals surface area (Å²) in [4.78, 5) is 51.1. The van der Waals surface area contributed by atoms with Crippen LogP contribution in [0.3, 0.4) is 0 Å². The van der Waals surface area contributed by atoms with E-state index >= 15 is 0 Å². The van der Waals surface area contributed by atoms with Gasteiger partial charge in [-0.1, -0.05) is 0 Å². The van der Waals surface area contributed by atoms with Crippen molar-refractivity contribution in [2.45, 2.75) is 19.9 Å². The van der Waals surface area contributed by atoms with Crippen LogP contribution in [0.1, 0.15) is 23.7 Å². The van der Waals surface area contributed by atoms with Crippen LogP contribution in [-0.4, -0.2) is 44.5 Å². The molecule has 2 heterocycles. The number of likely N-dealkylation sites (tertiary alicyclic amines) is 1. The maximum Gasteiger partial charge on any atom is 0.316 e. The number of carboxylic acid groups (broad SMARTS) is 1. The molecule has 24 heavy (non-hydrogen) atoms. The predicted molar refractivity (Wildman–Crippen MR) is 86.1 cm³/mol. The molecule has 2 N–H and O–H groups in total. The number of amides is 1. The third-order valence-electron chi connectivity index (χ3n) is 4.36. The second-order valence-electron chi connectivity index (χ2n) is 5.81. The number of carbonyl (C=O) groups is 2. The molecule has 1 aliphatic rings. The van der Waals surface area contributed by atoms with Gasteiger partial charge in [0.2, 0.25) is 0 Å². The van der Waals surface area contributed by atoms with Crippen molar-refractivity contribution in [3.05, 3.63) is 44.5 Å². The van der Waals surface area contributed by atoms with Crippen molar-refractivity contribution >= 4 is 22.9 Å². The van der Waals surface area contributed by atoms with Gasteiger partial charge in [0.1, 0.15) is 0 Å². The molecule has 1 aromatic heterocycles. The molecule has 0 unspecified atom stereocenters. The minimum atomic E-state index is -0.903. The summed E-state index contributed by atoms with van der Waals surface area (Å²) in [6, 6.07) is 4.73. The lowest BCUT2D eigenvalue weighted by atomic mass is 10.1. The molecule has 0 saturated carbocycles. The van der Waals surface area contributed by atoms with Gasteiger partial charge in [0, 0.05) is 25.2 Å². The number of carbonyl (C=O) groups excluding carboxylic acids is 1. The first-order chi connectivity index (χ1) is 11.4. The Kier molecular flexibility index (Phi) is 3.96. The molecule has 0 bridgehead atoms. The number of nitrogens with one attached hydrogen (secondary N) is 1. The lowest BCUT2D eigenvalue weighted by Gasteiger charge is -2.16. The number of hydrogen-bond acceptors (Lipinski definition) is 4. The molecular weight excluding hydrogens is 314 g/mol. The van der Waals surface area contributed by atoms with E-state index in [2.05, 4.69) is 4.98 Å². The quantitative estimate of drug-likeness (QED) is 0.783. The van der Waals surface area contributed by atoms with Gasteiger partial charge in [-0.05, 0) is 31.5 Å². The molecule has 0 spiro atoms. The fourth-order valence-electron chi connectivity index (χ4n) is 3.06. The van der Waals surface area contributed by atoms with Gasteiger partial charge >= 0.3 is 17.1 Å². The van der Waals surface area contributed by atoms with Crippen LogP contribution in [0, 0.1) is 5.92 Å². The van der Waals surface area contributed by atoms with Crippen molar-refractivity contribution in [1.82, 2.24) is 14.5 Å². The maximum absolute atomic E-state index is 12.5. The van der Waals surface area contributed by atoms with E-state index < -0.39 is 23.0 Å². The molecule has 1 fully saturated rings. The molecular formula is C16H17N3O5.